The van der Waals surface area contributed by atoms with Crippen molar-refractivity contribution in [2.45, 2.75) is 31.8 Å². The summed E-state index contributed by atoms with van der Waals surface area (Å²) in [6.07, 6.45) is 4.74. The van der Waals surface area contributed by atoms with Crippen molar-refractivity contribution in [3.05, 3.63) is 53.7 Å². The maximum Gasteiger partial charge on any atom is 0.123 e. The van der Waals surface area contributed by atoms with Gasteiger partial charge in [0.15, 0.2) is 0 Å². The smallest absolute Gasteiger partial charge is 0.123 e. The first-order valence-corrected chi connectivity index (χ1v) is 7.05. The molecule has 1 aromatic carbocycles. The Morgan fingerprint density at radius 3 is 2.80 bits per heavy atom. The van der Waals surface area contributed by atoms with Gasteiger partial charge in [-0.25, -0.2) is 4.39 Å². The van der Waals surface area contributed by atoms with Gasteiger partial charge in [-0.2, -0.15) is 0 Å². The molecule has 0 atom stereocenters. The average molecular weight is 274 g/mol. The van der Waals surface area contributed by atoms with Gasteiger partial charge in [-0.05, 0) is 61.7 Å². The first kappa shape index (κ1) is 13.2. The minimum Gasteiger partial charge on any atom is -0.467 e. The summed E-state index contributed by atoms with van der Waals surface area (Å²) in [7, 11) is 0. The molecule has 0 radical (unpaired) electrons. The zero-order chi connectivity index (χ0) is 13.9. The van der Waals surface area contributed by atoms with Gasteiger partial charge in [0, 0.05) is 11.7 Å². The Kier molecular flexibility index (Phi) is 3.74. The van der Waals surface area contributed by atoms with Crippen LogP contribution in [0, 0.1) is 5.82 Å². The van der Waals surface area contributed by atoms with E-state index in [0.717, 1.165) is 23.6 Å². The van der Waals surface area contributed by atoms with Crippen molar-refractivity contribution in [2.24, 2.45) is 5.73 Å². The molecule has 0 unspecified atom stereocenters. The normalized spacial score (nSPS) is 14.5. The summed E-state index contributed by atoms with van der Waals surface area (Å²) in [6.45, 7) is 1.25. The number of hydrogen-bond donors (Lipinski definition) is 1. The van der Waals surface area contributed by atoms with Gasteiger partial charge in [-0.1, -0.05) is 0 Å². The van der Waals surface area contributed by atoms with E-state index in [1.54, 1.807) is 12.3 Å². The summed E-state index contributed by atoms with van der Waals surface area (Å²) in [5.41, 5.74) is 7.71. The highest BCUT2D eigenvalue weighted by atomic mass is 19.1. The zero-order valence-corrected chi connectivity index (χ0v) is 11.4. The molecule has 20 heavy (non-hydrogen) atoms. The van der Waals surface area contributed by atoms with Gasteiger partial charge in [-0.3, -0.25) is 0 Å². The van der Waals surface area contributed by atoms with Crippen molar-refractivity contribution in [1.29, 1.82) is 0 Å². The molecule has 3 nitrogen and oxygen atoms in total. The van der Waals surface area contributed by atoms with E-state index in [2.05, 4.69) is 4.90 Å². The molecule has 1 heterocycles. The Bertz CT molecular complexity index is 564. The van der Waals surface area contributed by atoms with Gasteiger partial charge in [-0.15, -0.1) is 0 Å². The summed E-state index contributed by atoms with van der Waals surface area (Å²) >= 11 is 0. The van der Waals surface area contributed by atoms with Crippen LogP contribution in [-0.4, -0.2) is 12.6 Å². The van der Waals surface area contributed by atoms with Gasteiger partial charge in [0.05, 0.1) is 12.8 Å². The summed E-state index contributed by atoms with van der Waals surface area (Å²) in [5, 5.41) is 0. The number of benzene rings is 1. The SMILES string of the molecule is NCCc1cc(F)ccc1N(Cc1ccco1)C1CC1. The van der Waals surface area contributed by atoms with Gasteiger partial charge < -0.3 is 15.1 Å². The van der Waals surface area contributed by atoms with Crippen LogP contribution in [0.5, 0.6) is 0 Å². The molecule has 1 saturated carbocycles. The number of nitrogens with zero attached hydrogens (tertiary/aromatic N) is 1. The van der Waals surface area contributed by atoms with Crippen LogP contribution < -0.4 is 10.6 Å². The predicted molar refractivity (Wildman–Crippen MR) is 77.1 cm³/mol. The van der Waals surface area contributed by atoms with E-state index in [-0.39, 0.29) is 5.82 Å². The number of hydrogen-bond acceptors (Lipinski definition) is 3. The molecule has 0 spiro atoms. The summed E-state index contributed by atoms with van der Waals surface area (Å²) < 4.78 is 18.9. The van der Waals surface area contributed by atoms with Crippen LogP contribution in [0.15, 0.2) is 41.0 Å². The van der Waals surface area contributed by atoms with Crippen molar-refractivity contribution < 1.29 is 8.81 Å². The third-order valence-corrected chi connectivity index (χ3v) is 3.66. The molecular formula is C16H19FN2O. The first-order chi connectivity index (χ1) is 9.78. The number of nitrogens with two attached hydrogens (primary N) is 1. The van der Waals surface area contributed by atoms with E-state index >= 15 is 0 Å². The van der Waals surface area contributed by atoms with Crippen molar-refractivity contribution in [1.82, 2.24) is 0 Å². The summed E-state index contributed by atoms with van der Waals surface area (Å²) in [6, 6.07) is 9.38. The second kappa shape index (κ2) is 5.67. The van der Waals surface area contributed by atoms with E-state index in [0.29, 0.717) is 19.0 Å². The molecule has 1 fully saturated rings. The Balaban J connectivity index is 1.90. The van der Waals surface area contributed by atoms with Gasteiger partial charge >= 0.3 is 0 Å². The Labute approximate surface area is 118 Å². The van der Waals surface area contributed by atoms with E-state index in [9.17, 15) is 4.39 Å². The maximum atomic E-state index is 13.5. The van der Waals surface area contributed by atoms with Crippen molar-refractivity contribution >= 4 is 5.69 Å². The van der Waals surface area contributed by atoms with Crippen molar-refractivity contribution in [3.63, 3.8) is 0 Å². The van der Waals surface area contributed by atoms with Crippen LogP contribution >= 0.6 is 0 Å². The molecule has 2 aromatic rings. The molecule has 1 aliphatic rings. The molecule has 0 amide bonds. The van der Waals surface area contributed by atoms with E-state index < -0.39 is 0 Å². The molecule has 106 valence electrons. The fourth-order valence-electron chi connectivity index (χ4n) is 2.56. The van der Waals surface area contributed by atoms with Crippen LogP contribution in [-0.2, 0) is 13.0 Å². The second-order valence-corrected chi connectivity index (χ2v) is 5.25. The van der Waals surface area contributed by atoms with Crippen LogP contribution in [0.25, 0.3) is 0 Å². The van der Waals surface area contributed by atoms with Crippen LogP contribution in [0.4, 0.5) is 10.1 Å². The quantitative estimate of drug-likeness (QED) is 0.880. The molecule has 0 aliphatic heterocycles. The summed E-state index contributed by atoms with van der Waals surface area (Å²) in [5.74, 6) is 0.728. The maximum absolute atomic E-state index is 13.5. The summed E-state index contributed by atoms with van der Waals surface area (Å²) in [4.78, 5) is 2.31. The topological polar surface area (TPSA) is 42.4 Å². The van der Waals surface area contributed by atoms with E-state index in [4.69, 9.17) is 10.2 Å². The predicted octanol–water partition coefficient (Wildman–Crippen LogP) is 3.09. The molecule has 1 aromatic heterocycles. The number of furan rings is 1. The monoisotopic (exact) mass is 274 g/mol. The Hall–Kier alpha value is -1.81. The highest BCUT2D eigenvalue weighted by Crippen LogP contribution is 2.35. The van der Waals surface area contributed by atoms with Crippen molar-refractivity contribution in [3.8, 4) is 0 Å². The lowest BCUT2D eigenvalue weighted by molar-refractivity contribution is 0.501. The highest BCUT2D eigenvalue weighted by molar-refractivity contribution is 5.56. The van der Waals surface area contributed by atoms with Crippen LogP contribution in [0.1, 0.15) is 24.2 Å². The second-order valence-electron chi connectivity index (χ2n) is 5.25. The number of anilines is 1. The highest BCUT2D eigenvalue weighted by Gasteiger charge is 2.31. The molecule has 0 saturated heterocycles. The zero-order valence-electron chi connectivity index (χ0n) is 11.4. The van der Waals surface area contributed by atoms with Crippen molar-refractivity contribution in [2.75, 3.05) is 11.4 Å². The van der Waals surface area contributed by atoms with E-state index in [1.807, 2.05) is 18.2 Å². The largest absolute Gasteiger partial charge is 0.467 e. The molecule has 1 aliphatic carbocycles. The number of rotatable bonds is 6. The lowest BCUT2D eigenvalue weighted by Gasteiger charge is -2.26. The fraction of sp³-hybridized carbons (Fsp3) is 0.375. The molecule has 4 heteroatoms. The lowest BCUT2D eigenvalue weighted by Crippen LogP contribution is -2.26. The van der Waals surface area contributed by atoms with Gasteiger partial charge in [0.2, 0.25) is 0 Å². The first-order valence-electron chi connectivity index (χ1n) is 7.05. The van der Waals surface area contributed by atoms with Gasteiger partial charge in [0.1, 0.15) is 11.6 Å². The standard InChI is InChI=1S/C16H19FN2O/c17-13-3-6-16(12(10-13)7-8-18)19(14-4-5-14)11-15-2-1-9-20-15/h1-3,6,9-10,14H,4-5,7-8,11,18H2. The molecule has 2 N–H and O–H groups in total. The minimum absolute atomic E-state index is 0.203. The minimum atomic E-state index is -0.203. The lowest BCUT2D eigenvalue weighted by atomic mass is 10.1. The molecular weight excluding hydrogens is 255 g/mol. The number of halogens is 1. The Morgan fingerprint density at radius 1 is 1.30 bits per heavy atom. The van der Waals surface area contributed by atoms with Crippen LogP contribution in [0.2, 0.25) is 0 Å². The average Bonchev–Trinajstić information content (AvgIpc) is 3.15. The third kappa shape index (κ3) is 2.85. The van der Waals surface area contributed by atoms with Gasteiger partial charge in [0.25, 0.3) is 0 Å². The fourth-order valence-corrected chi connectivity index (χ4v) is 2.56. The Morgan fingerprint density at radius 2 is 2.15 bits per heavy atom. The molecule has 3 rings (SSSR count). The van der Waals surface area contributed by atoms with Crippen LogP contribution in [0.3, 0.4) is 0 Å². The van der Waals surface area contributed by atoms with E-state index in [1.165, 1.54) is 18.9 Å². The molecule has 0 bridgehead atoms. The third-order valence-electron chi connectivity index (χ3n) is 3.66.